The lowest BCUT2D eigenvalue weighted by molar-refractivity contribution is -0.0550. The van der Waals surface area contributed by atoms with Crippen molar-refractivity contribution in [3.05, 3.63) is 22.2 Å². The molecular formula is C12H19N3O6. The highest BCUT2D eigenvalue weighted by Gasteiger charge is 2.43. The van der Waals surface area contributed by atoms with Crippen molar-refractivity contribution in [2.75, 3.05) is 12.1 Å². The molecule has 1 aromatic rings. The van der Waals surface area contributed by atoms with Gasteiger partial charge < -0.3 is 20.1 Å². The molecule has 0 amide bonds. The van der Waals surface area contributed by atoms with Gasteiger partial charge in [0.25, 0.3) is 0 Å². The fourth-order valence-corrected chi connectivity index (χ4v) is 2.35. The number of rotatable bonds is 5. The first kappa shape index (κ1) is 15.9. The maximum Gasteiger partial charge on any atom is 0.351 e. The van der Waals surface area contributed by atoms with E-state index in [1.54, 1.807) is 0 Å². The number of aromatic nitrogens is 2. The summed E-state index contributed by atoms with van der Waals surface area (Å²) in [5.74, 6) is 0.0462. The minimum Gasteiger partial charge on any atom is -0.394 e. The van der Waals surface area contributed by atoms with Gasteiger partial charge in [-0.1, -0.05) is 13.3 Å². The summed E-state index contributed by atoms with van der Waals surface area (Å²) in [5.41, 5.74) is 1.68. The fraction of sp³-hybridized carbons (Fsp3) is 0.667. The number of nitrogens with one attached hydrogen (secondary N) is 1. The maximum absolute atomic E-state index is 12.0. The average Bonchev–Trinajstić information content (AvgIpc) is 2.76. The molecule has 2 heterocycles. The molecule has 21 heavy (non-hydrogen) atoms. The Kier molecular flexibility index (Phi) is 4.91. The van der Waals surface area contributed by atoms with Gasteiger partial charge in [-0.15, -0.1) is 0 Å². The van der Waals surface area contributed by atoms with E-state index in [1.165, 1.54) is 6.20 Å². The van der Waals surface area contributed by atoms with Gasteiger partial charge in [-0.3, -0.25) is 15.3 Å². The lowest BCUT2D eigenvalue weighted by Gasteiger charge is -2.19. The summed E-state index contributed by atoms with van der Waals surface area (Å²) in [5, 5.41) is 37.7. The minimum absolute atomic E-state index is 0.0462. The summed E-state index contributed by atoms with van der Waals surface area (Å²) in [4.78, 5) is 15.6. The van der Waals surface area contributed by atoms with E-state index in [-0.39, 0.29) is 5.82 Å². The summed E-state index contributed by atoms with van der Waals surface area (Å²) in [6.45, 7) is 1.44. The van der Waals surface area contributed by atoms with E-state index < -0.39 is 36.8 Å². The van der Waals surface area contributed by atoms with Crippen molar-refractivity contribution in [2.24, 2.45) is 0 Å². The normalized spacial score (nSPS) is 28.8. The molecule has 9 nitrogen and oxygen atoms in total. The van der Waals surface area contributed by atoms with Crippen LogP contribution in [-0.4, -0.2) is 55.0 Å². The third-order valence-electron chi connectivity index (χ3n) is 3.44. The molecule has 1 fully saturated rings. The SMILES string of the molecule is CCCc1cn([C@@H]2O[C@H](CO)[C@@H](O)[C@H]2O)c(=O)nc1NO. The molecule has 0 spiro atoms. The molecular weight excluding hydrogens is 282 g/mol. The number of ether oxygens (including phenoxy) is 1. The molecule has 1 aliphatic rings. The van der Waals surface area contributed by atoms with Crippen LogP contribution < -0.4 is 11.2 Å². The van der Waals surface area contributed by atoms with Crippen LogP contribution in [0.15, 0.2) is 11.0 Å². The minimum atomic E-state index is -1.36. The second-order valence-electron chi connectivity index (χ2n) is 4.90. The van der Waals surface area contributed by atoms with Crippen molar-refractivity contribution in [2.45, 2.75) is 44.3 Å². The van der Waals surface area contributed by atoms with Crippen LogP contribution in [0.1, 0.15) is 25.1 Å². The van der Waals surface area contributed by atoms with Gasteiger partial charge >= 0.3 is 5.69 Å². The summed E-state index contributed by atoms with van der Waals surface area (Å²) < 4.78 is 6.35. The Morgan fingerprint density at radius 1 is 1.43 bits per heavy atom. The number of anilines is 1. The standard InChI is InChI=1S/C12H19N3O6/c1-2-3-6-4-15(12(19)13-10(6)14-20)11-9(18)8(17)7(5-16)21-11/h4,7-9,11,16-18,20H,2-3,5H2,1H3,(H,13,14,19)/t7-,8-,9-,11-/m1/s1. The Morgan fingerprint density at radius 2 is 2.14 bits per heavy atom. The molecule has 1 saturated heterocycles. The Labute approximate surface area is 120 Å². The van der Waals surface area contributed by atoms with Gasteiger partial charge in [0.15, 0.2) is 12.0 Å². The fourth-order valence-electron chi connectivity index (χ4n) is 2.35. The summed E-state index contributed by atoms with van der Waals surface area (Å²) >= 11 is 0. The molecule has 0 unspecified atom stereocenters. The second kappa shape index (κ2) is 6.50. The molecule has 2 rings (SSSR count). The first-order valence-electron chi connectivity index (χ1n) is 6.68. The highest BCUT2D eigenvalue weighted by molar-refractivity contribution is 5.40. The zero-order chi connectivity index (χ0) is 15.6. The number of aliphatic hydroxyl groups excluding tert-OH is 3. The Hall–Kier alpha value is -1.52. The zero-order valence-corrected chi connectivity index (χ0v) is 11.5. The van der Waals surface area contributed by atoms with Crippen molar-refractivity contribution in [3.8, 4) is 0 Å². The Morgan fingerprint density at radius 3 is 2.67 bits per heavy atom. The number of hydrogen-bond donors (Lipinski definition) is 5. The number of hydrogen-bond acceptors (Lipinski definition) is 8. The average molecular weight is 301 g/mol. The molecule has 1 aromatic heterocycles. The van der Waals surface area contributed by atoms with Crippen LogP contribution in [-0.2, 0) is 11.2 Å². The summed E-state index contributed by atoms with van der Waals surface area (Å²) in [6.07, 6.45) is -2.04. The number of aliphatic hydroxyl groups is 3. The molecule has 0 bridgehead atoms. The van der Waals surface area contributed by atoms with Gasteiger partial charge in [0.2, 0.25) is 0 Å². The molecule has 0 aliphatic carbocycles. The van der Waals surface area contributed by atoms with Gasteiger partial charge in [0, 0.05) is 11.8 Å². The van der Waals surface area contributed by atoms with E-state index in [0.29, 0.717) is 12.0 Å². The zero-order valence-electron chi connectivity index (χ0n) is 11.5. The molecule has 0 saturated carbocycles. The van der Waals surface area contributed by atoms with E-state index in [1.807, 2.05) is 12.4 Å². The quantitative estimate of drug-likeness (QED) is 0.419. The van der Waals surface area contributed by atoms with Gasteiger partial charge in [-0.05, 0) is 6.42 Å². The third-order valence-corrected chi connectivity index (χ3v) is 3.44. The topological polar surface area (TPSA) is 137 Å². The highest BCUT2D eigenvalue weighted by atomic mass is 16.6. The molecule has 4 atom stereocenters. The van der Waals surface area contributed by atoms with Crippen molar-refractivity contribution >= 4 is 5.82 Å². The third kappa shape index (κ3) is 2.92. The maximum atomic E-state index is 12.0. The molecule has 0 radical (unpaired) electrons. The van der Waals surface area contributed by atoms with E-state index in [0.717, 1.165) is 11.0 Å². The summed E-state index contributed by atoms with van der Waals surface area (Å²) in [6, 6.07) is 0. The van der Waals surface area contributed by atoms with Crippen LogP contribution in [0.4, 0.5) is 5.82 Å². The van der Waals surface area contributed by atoms with Crippen LogP contribution in [0, 0.1) is 0 Å². The number of nitrogens with zero attached hydrogens (tertiary/aromatic N) is 2. The molecule has 1 aliphatic heterocycles. The predicted octanol–water partition coefficient (Wildman–Crippen LogP) is -1.39. The van der Waals surface area contributed by atoms with Gasteiger partial charge in [-0.25, -0.2) is 4.79 Å². The van der Waals surface area contributed by atoms with Gasteiger partial charge in [0.05, 0.1) is 6.61 Å². The van der Waals surface area contributed by atoms with Crippen molar-refractivity contribution in [3.63, 3.8) is 0 Å². The lowest BCUT2D eigenvalue weighted by Crippen LogP contribution is -2.36. The second-order valence-corrected chi connectivity index (χ2v) is 4.90. The highest BCUT2D eigenvalue weighted by Crippen LogP contribution is 2.28. The van der Waals surface area contributed by atoms with Gasteiger partial charge in [-0.2, -0.15) is 4.98 Å². The van der Waals surface area contributed by atoms with E-state index in [9.17, 15) is 15.0 Å². The van der Waals surface area contributed by atoms with Crippen LogP contribution in [0.3, 0.4) is 0 Å². The predicted molar refractivity (Wildman–Crippen MR) is 70.9 cm³/mol. The van der Waals surface area contributed by atoms with E-state index in [2.05, 4.69) is 4.98 Å². The largest absolute Gasteiger partial charge is 0.394 e. The van der Waals surface area contributed by atoms with Crippen molar-refractivity contribution < 1.29 is 25.3 Å². The van der Waals surface area contributed by atoms with E-state index >= 15 is 0 Å². The van der Waals surface area contributed by atoms with Crippen LogP contribution >= 0.6 is 0 Å². The van der Waals surface area contributed by atoms with Crippen LogP contribution in [0.25, 0.3) is 0 Å². The molecule has 9 heteroatoms. The smallest absolute Gasteiger partial charge is 0.351 e. The summed E-state index contributed by atoms with van der Waals surface area (Å²) in [7, 11) is 0. The van der Waals surface area contributed by atoms with Gasteiger partial charge in [0.1, 0.15) is 18.3 Å². The number of aryl methyl sites for hydroxylation is 1. The monoisotopic (exact) mass is 301 g/mol. The van der Waals surface area contributed by atoms with Crippen LogP contribution in [0.5, 0.6) is 0 Å². The molecule has 5 N–H and O–H groups in total. The first-order chi connectivity index (χ1) is 10.0. The lowest BCUT2D eigenvalue weighted by atomic mass is 10.1. The first-order valence-corrected chi connectivity index (χ1v) is 6.68. The Balaban J connectivity index is 2.40. The van der Waals surface area contributed by atoms with E-state index in [4.69, 9.17) is 15.1 Å². The van der Waals surface area contributed by atoms with Crippen molar-refractivity contribution in [1.29, 1.82) is 0 Å². The Bertz CT molecular complexity index is 548. The molecule has 118 valence electrons. The molecule has 0 aromatic carbocycles. The van der Waals surface area contributed by atoms with Crippen molar-refractivity contribution in [1.82, 2.24) is 9.55 Å². The van der Waals surface area contributed by atoms with Crippen LogP contribution in [0.2, 0.25) is 0 Å².